The fraction of sp³-hybridized carbons (Fsp3) is 0.478. The van der Waals surface area contributed by atoms with Crippen molar-refractivity contribution in [1.29, 1.82) is 0 Å². The number of amides is 2. The summed E-state index contributed by atoms with van der Waals surface area (Å²) in [6.07, 6.45) is 1.78. The Morgan fingerprint density at radius 1 is 1.00 bits per heavy atom. The third-order valence-corrected chi connectivity index (χ3v) is 7.43. The van der Waals surface area contributed by atoms with Gasteiger partial charge in [-0.25, -0.2) is 0 Å². The molecule has 2 amide bonds. The van der Waals surface area contributed by atoms with Gasteiger partial charge in [0.25, 0.3) is 0 Å². The summed E-state index contributed by atoms with van der Waals surface area (Å²) in [6.45, 7) is 5.93. The first-order chi connectivity index (χ1) is 14.6. The molecule has 0 bridgehead atoms. The van der Waals surface area contributed by atoms with Crippen LogP contribution in [0.1, 0.15) is 34.0 Å². The molecule has 2 aliphatic rings. The quantitative estimate of drug-likeness (QED) is 0.678. The second-order valence-electron chi connectivity index (χ2n) is 8.03. The molecule has 5 nitrogen and oxygen atoms in total. The molecule has 2 aromatic rings. The number of hydrogen-bond donors (Lipinski definition) is 0. The minimum Gasteiger partial charge on any atom is -0.340 e. The highest BCUT2D eigenvalue weighted by Gasteiger charge is 2.33. The molecule has 1 unspecified atom stereocenters. The lowest BCUT2D eigenvalue weighted by Gasteiger charge is -2.37. The first-order valence-corrected chi connectivity index (χ1v) is 12.0. The topological polar surface area (TPSA) is 43.9 Å². The molecule has 3 heterocycles. The van der Waals surface area contributed by atoms with E-state index in [1.807, 2.05) is 16.2 Å². The van der Waals surface area contributed by atoms with E-state index < -0.39 is 0 Å². The highest BCUT2D eigenvalue weighted by atomic mass is 35.5. The first-order valence-electron chi connectivity index (χ1n) is 10.6. The highest BCUT2D eigenvalue weighted by Crippen LogP contribution is 2.38. The zero-order valence-electron chi connectivity index (χ0n) is 17.3. The zero-order chi connectivity index (χ0) is 21.1. The summed E-state index contributed by atoms with van der Waals surface area (Å²) in [7, 11) is 0. The lowest BCUT2D eigenvalue weighted by Crippen LogP contribution is -2.45. The van der Waals surface area contributed by atoms with Crippen LogP contribution in [0.15, 0.2) is 35.7 Å². The van der Waals surface area contributed by atoms with Gasteiger partial charge in [0.05, 0.1) is 12.6 Å². The van der Waals surface area contributed by atoms with E-state index in [9.17, 15) is 9.59 Å². The Bertz CT molecular complexity index is 915. The average Bonchev–Trinajstić information content (AvgIpc) is 3.09. The van der Waals surface area contributed by atoms with Gasteiger partial charge >= 0.3 is 0 Å². The number of carbonyl (C=O) groups excluding carboxylic acids is 2. The fourth-order valence-electron chi connectivity index (χ4n) is 4.57. The maximum atomic E-state index is 13.2. The van der Waals surface area contributed by atoms with Crippen molar-refractivity contribution in [1.82, 2.24) is 14.7 Å². The molecule has 2 aliphatic heterocycles. The van der Waals surface area contributed by atoms with Crippen LogP contribution in [0.25, 0.3) is 0 Å². The molecule has 1 saturated heterocycles. The summed E-state index contributed by atoms with van der Waals surface area (Å²) < 4.78 is 0. The van der Waals surface area contributed by atoms with Crippen LogP contribution in [0.2, 0.25) is 0 Å². The third kappa shape index (κ3) is 4.41. The summed E-state index contributed by atoms with van der Waals surface area (Å²) >= 11 is 7.52. The van der Waals surface area contributed by atoms with Gasteiger partial charge in [-0.15, -0.1) is 22.9 Å². The van der Waals surface area contributed by atoms with E-state index in [4.69, 9.17) is 11.6 Å². The largest absolute Gasteiger partial charge is 0.340 e. The summed E-state index contributed by atoms with van der Waals surface area (Å²) in [5.74, 6) is 0.0991. The third-order valence-electron chi connectivity index (χ3n) is 6.20. The van der Waals surface area contributed by atoms with E-state index >= 15 is 0 Å². The van der Waals surface area contributed by atoms with Gasteiger partial charge in [0.2, 0.25) is 11.8 Å². The highest BCUT2D eigenvalue weighted by molar-refractivity contribution is 7.10. The molecule has 1 aromatic heterocycles. The van der Waals surface area contributed by atoms with Crippen molar-refractivity contribution in [3.63, 3.8) is 0 Å². The molecule has 4 rings (SSSR count). The Labute approximate surface area is 187 Å². The lowest BCUT2D eigenvalue weighted by atomic mass is 9.90. The van der Waals surface area contributed by atoms with Crippen molar-refractivity contribution >= 4 is 34.8 Å². The smallest absolute Gasteiger partial charge is 0.237 e. The maximum Gasteiger partial charge on any atom is 0.237 e. The second-order valence-corrected chi connectivity index (χ2v) is 9.30. The van der Waals surface area contributed by atoms with Crippen molar-refractivity contribution < 1.29 is 9.59 Å². The minimum atomic E-state index is -0.0494. The van der Waals surface area contributed by atoms with Gasteiger partial charge in [-0.1, -0.05) is 24.3 Å². The molecule has 1 atom stereocenters. The number of rotatable bonds is 4. The van der Waals surface area contributed by atoms with Crippen LogP contribution < -0.4 is 0 Å². The van der Waals surface area contributed by atoms with Crippen LogP contribution in [0.5, 0.6) is 0 Å². The fourth-order valence-corrected chi connectivity index (χ4v) is 5.64. The zero-order valence-corrected chi connectivity index (χ0v) is 18.9. The summed E-state index contributed by atoms with van der Waals surface area (Å²) in [6, 6.07) is 10.8. The molecule has 0 radical (unpaired) electrons. The van der Waals surface area contributed by atoms with Gasteiger partial charge in [-0.2, -0.15) is 0 Å². The molecular formula is C23H28ClN3O2S. The molecule has 30 heavy (non-hydrogen) atoms. The van der Waals surface area contributed by atoms with Gasteiger partial charge in [-0.05, 0) is 47.9 Å². The van der Waals surface area contributed by atoms with Crippen molar-refractivity contribution in [3.05, 3.63) is 57.3 Å². The van der Waals surface area contributed by atoms with Crippen molar-refractivity contribution in [2.45, 2.75) is 25.8 Å². The number of alkyl halides is 1. The van der Waals surface area contributed by atoms with E-state index in [1.54, 1.807) is 4.90 Å². The monoisotopic (exact) mass is 445 g/mol. The predicted octanol–water partition coefficient (Wildman–Crippen LogP) is 3.30. The number of aryl methyl sites for hydroxylation is 1. The Morgan fingerprint density at radius 3 is 2.47 bits per heavy atom. The van der Waals surface area contributed by atoms with E-state index in [2.05, 4.69) is 47.5 Å². The standard InChI is InChI=1S/C23H28ClN3O2S/c1-17-5-2-3-6-18(17)23-19-8-14-30-20(19)7-11-27(23)16-22(29)26-10-4-9-25(12-13-26)21(28)15-24/h2-3,5-6,8,14,23H,4,7,9-13,15-16H2,1H3. The van der Waals surface area contributed by atoms with Gasteiger partial charge < -0.3 is 9.80 Å². The first kappa shape index (κ1) is 21.3. The molecule has 1 aromatic carbocycles. The normalized spacial score (nSPS) is 20.0. The maximum absolute atomic E-state index is 13.2. The summed E-state index contributed by atoms with van der Waals surface area (Å²) in [4.78, 5) is 32.6. The number of benzene rings is 1. The van der Waals surface area contributed by atoms with Gasteiger partial charge in [0, 0.05) is 37.6 Å². The van der Waals surface area contributed by atoms with Crippen molar-refractivity contribution in [2.75, 3.05) is 45.1 Å². The Kier molecular flexibility index (Phi) is 6.76. The number of fused-ring (bicyclic) bond motifs is 1. The van der Waals surface area contributed by atoms with E-state index in [1.165, 1.54) is 21.6 Å². The van der Waals surface area contributed by atoms with Crippen LogP contribution in [0.4, 0.5) is 0 Å². The second kappa shape index (κ2) is 9.50. The molecule has 160 valence electrons. The molecule has 0 saturated carbocycles. The number of hydrogen-bond acceptors (Lipinski definition) is 4. The van der Waals surface area contributed by atoms with Crippen molar-refractivity contribution in [3.8, 4) is 0 Å². The van der Waals surface area contributed by atoms with E-state index in [0.717, 1.165) is 19.4 Å². The molecule has 1 fully saturated rings. The predicted molar refractivity (Wildman–Crippen MR) is 121 cm³/mol. The van der Waals surface area contributed by atoms with Crippen LogP contribution in [-0.4, -0.2) is 71.7 Å². The van der Waals surface area contributed by atoms with Gasteiger partial charge in [-0.3, -0.25) is 14.5 Å². The molecular weight excluding hydrogens is 418 g/mol. The van der Waals surface area contributed by atoms with Gasteiger partial charge in [0.1, 0.15) is 5.88 Å². The van der Waals surface area contributed by atoms with Crippen LogP contribution in [0, 0.1) is 6.92 Å². The van der Waals surface area contributed by atoms with Crippen molar-refractivity contribution in [2.24, 2.45) is 0 Å². The summed E-state index contributed by atoms with van der Waals surface area (Å²) in [5.41, 5.74) is 3.87. The number of thiophene rings is 1. The number of nitrogens with zero attached hydrogens (tertiary/aromatic N) is 3. The van der Waals surface area contributed by atoms with Crippen LogP contribution in [-0.2, 0) is 16.0 Å². The Hall–Kier alpha value is -1.89. The van der Waals surface area contributed by atoms with Crippen LogP contribution >= 0.6 is 22.9 Å². The molecule has 0 N–H and O–H groups in total. The summed E-state index contributed by atoms with van der Waals surface area (Å²) in [5, 5.41) is 2.17. The Morgan fingerprint density at radius 2 is 1.73 bits per heavy atom. The van der Waals surface area contributed by atoms with E-state index in [-0.39, 0.29) is 23.7 Å². The average molecular weight is 446 g/mol. The number of carbonyl (C=O) groups is 2. The lowest BCUT2D eigenvalue weighted by molar-refractivity contribution is -0.133. The van der Waals surface area contributed by atoms with Crippen LogP contribution in [0.3, 0.4) is 0 Å². The SMILES string of the molecule is Cc1ccccc1C1c2ccsc2CCN1CC(=O)N1CCCN(C(=O)CCl)CC1. The molecule has 0 spiro atoms. The molecule has 0 aliphatic carbocycles. The Balaban J connectivity index is 1.51. The minimum absolute atomic E-state index is 0.00278. The van der Waals surface area contributed by atoms with Gasteiger partial charge in [0.15, 0.2) is 0 Å². The molecule has 7 heteroatoms. The number of halogens is 1. The van der Waals surface area contributed by atoms with E-state index in [0.29, 0.717) is 32.7 Å².